The van der Waals surface area contributed by atoms with Crippen LogP contribution in [0.2, 0.25) is 0 Å². The fourth-order valence-corrected chi connectivity index (χ4v) is 5.09. The van der Waals surface area contributed by atoms with Crippen molar-refractivity contribution in [3.05, 3.63) is 65.8 Å². The zero-order valence-electron chi connectivity index (χ0n) is 18.3. The molecule has 3 aromatic rings. The summed E-state index contributed by atoms with van der Waals surface area (Å²) in [7, 11) is 0. The van der Waals surface area contributed by atoms with E-state index in [9.17, 15) is 4.79 Å². The molecule has 1 fully saturated rings. The summed E-state index contributed by atoms with van der Waals surface area (Å²) in [6, 6.07) is 10.2. The Kier molecular flexibility index (Phi) is 5.55. The van der Waals surface area contributed by atoms with Crippen LogP contribution in [0, 0.1) is 13.8 Å². The average Bonchev–Trinajstić information content (AvgIpc) is 3.48. The Morgan fingerprint density at radius 1 is 1.25 bits per heavy atom. The molecule has 2 aromatic heterocycles. The summed E-state index contributed by atoms with van der Waals surface area (Å²) in [4.78, 5) is 13.0. The van der Waals surface area contributed by atoms with Gasteiger partial charge in [0.1, 0.15) is 6.61 Å². The zero-order valence-corrected chi connectivity index (χ0v) is 19.1. The number of fused-ring (bicyclic) bond motifs is 1. The molecular weight excluding hydrogens is 424 g/mol. The summed E-state index contributed by atoms with van der Waals surface area (Å²) in [5.41, 5.74) is 3.03. The number of rotatable bonds is 8. The summed E-state index contributed by atoms with van der Waals surface area (Å²) in [6.07, 6.45) is 3.81. The number of hydrogen-bond acceptors (Lipinski definition) is 6. The van der Waals surface area contributed by atoms with E-state index in [4.69, 9.17) is 9.47 Å². The lowest BCUT2D eigenvalue weighted by Gasteiger charge is -2.26. The minimum Gasteiger partial charge on any atom is -0.485 e. The third kappa shape index (κ3) is 3.83. The predicted octanol–water partition coefficient (Wildman–Crippen LogP) is 4.70. The number of nitrogens with zero attached hydrogens (tertiary/aromatic N) is 4. The summed E-state index contributed by atoms with van der Waals surface area (Å²) in [5, 5.41) is 9.40. The molecule has 1 unspecified atom stereocenters. The number of ketones is 1. The van der Waals surface area contributed by atoms with Crippen LogP contribution in [-0.2, 0) is 6.54 Å². The maximum absolute atomic E-state index is 13.0. The molecule has 8 heteroatoms. The molecular formula is C24H26N4O3S. The van der Waals surface area contributed by atoms with E-state index in [1.54, 1.807) is 6.08 Å². The third-order valence-corrected chi connectivity index (χ3v) is 6.85. The molecule has 0 radical (unpaired) electrons. The molecule has 1 aromatic carbocycles. The van der Waals surface area contributed by atoms with Crippen molar-refractivity contribution in [2.24, 2.45) is 0 Å². The number of aromatic nitrogens is 4. The van der Waals surface area contributed by atoms with Crippen molar-refractivity contribution in [3.63, 3.8) is 0 Å². The highest BCUT2D eigenvalue weighted by Gasteiger charge is 2.30. The molecule has 0 amide bonds. The van der Waals surface area contributed by atoms with Gasteiger partial charge >= 0.3 is 0 Å². The molecule has 1 atom stereocenters. The zero-order chi connectivity index (χ0) is 22.2. The van der Waals surface area contributed by atoms with Crippen LogP contribution in [0.15, 0.2) is 48.1 Å². The summed E-state index contributed by atoms with van der Waals surface area (Å²) < 4.78 is 16.2. The van der Waals surface area contributed by atoms with Gasteiger partial charge in [-0.3, -0.25) is 9.36 Å². The van der Waals surface area contributed by atoms with Gasteiger partial charge in [-0.2, -0.15) is 0 Å². The molecule has 1 aliphatic heterocycles. The van der Waals surface area contributed by atoms with Crippen molar-refractivity contribution in [2.45, 2.75) is 50.5 Å². The van der Waals surface area contributed by atoms with E-state index in [1.165, 1.54) is 24.6 Å². The number of allylic oxidation sites excluding steroid dienone is 1. The smallest absolute Gasteiger partial charge is 0.192 e. The van der Waals surface area contributed by atoms with Crippen molar-refractivity contribution in [1.82, 2.24) is 19.3 Å². The van der Waals surface area contributed by atoms with Crippen LogP contribution < -0.4 is 9.47 Å². The molecule has 5 rings (SSSR count). The third-order valence-electron chi connectivity index (χ3n) is 5.88. The standard InChI is InChI=1S/C24H26N4O3S/c1-4-11-27-23(22-13-30-20-7-5-6-8-21(20)31-22)25-26-24(27)32-14-19(29)18-12-15(2)28(16(18)3)17-9-10-17/h4-8,12,17,22H,1,9-11,13-14H2,2-3H3. The largest absolute Gasteiger partial charge is 0.485 e. The van der Waals surface area contributed by atoms with E-state index in [2.05, 4.69) is 28.3 Å². The van der Waals surface area contributed by atoms with E-state index in [-0.39, 0.29) is 11.9 Å². The Morgan fingerprint density at radius 2 is 2.03 bits per heavy atom. The van der Waals surface area contributed by atoms with Crippen molar-refractivity contribution >= 4 is 17.5 Å². The van der Waals surface area contributed by atoms with Gasteiger partial charge in [-0.15, -0.1) is 16.8 Å². The Morgan fingerprint density at radius 3 is 2.78 bits per heavy atom. The van der Waals surface area contributed by atoms with Crippen molar-refractivity contribution in [1.29, 1.82) is 0 Å². The summed E-state index contributed by atoms with van der Waals surface area (Å²) in [6.45, 7) is 8.85. The van der Waals surface area contributed by atoms with Gasteiger partial charge in [-0.05, 0) is 44.9 Å². The first-order valence-electron chi connectivity index (χ1n) is 10.8. The van der Waals surface area contributed by atoms with Gasteiger partial charge in [0.15, 0.2) is 34.4 Å². The highest BCUT2D eigenvalue weighted by atomic mass is 32.2. The summed E-state index contributed by atoms with van der Waals surface area (Å²) >= 11 is 1.39. The number of ether oxygens (including phenoxy) is 2. The molecule has 0 saturated heterocycles. The second-order valence-corrected chi connectivity index (χ2v) is 9.14. The maximum Gasteiger partial charge on any atom is 0.192 e. The minimum absolute atomic E-state index is 0.107. The van der Waals surface area contributed by atoms with Crippen molar-refractivity contribution < 1.29 is 14.3 Å². The van der Waals surface area contributed by atoms with Gasteiger partial charge in [0, 0.05) is 29.5 Å². The van der Waals surface area contributed by atoms with Crippen LogP contribution in [0.4, 0.5) is 0 Å². The number of para-hydroxylation sites is 2. The Balaban J connectivity index is 1.33. The number of carbonyl (C=O) groups is 1. The lowest BCUT2D eigenvalue weighted by atomic mass is 10.2. The van der Waals surface area contributed by atoms with E-state index in [1.807, 2.05) is 41.8 Å². The second kappa shape index (κ2) is 8.50. The van der Waals surface area contributed by atoms with Gasteiger partial charge < -0.3 is 14.0 Å². The van der Waals surface area contributed by atoms with E-state index in [0.29, 0.717) is 41.7 Å². The second-order valence-electron chi connectivity index (χ2n) is 8.20. The minimum atomic E-state index is -0.375. The van der Waals surface area contributed by atoms with Crippen LogP contribution in [0.3, 0.4) is 0 Å². The van der Waals surface area contributed by atoms with E-state index in [0.717, 1.165) is 22.7 Å². The molecule has 0 spiro atoms. The lowest BCUT2D eigenvalue weighted by molar-refractivity contribution is 0.0821. The van der Waals surface area contributed by atoms with Gasteiger partial charge in [-0.1, -0.05) is 30.0 Å². The molecule has 0 bridgehead atoms. The maximum atomic E-state index is 13.0. The monoisotopic (exact) mass is 450 g/mol. The number of carbonyl (C=O) groups excluding carboxylic acids is 1. The first-order valence-corrected chi connectivity index (χ1v) is 11.8. The number of thioether (sulfide) groups is 1. The Labute approximate surface area is 191 Å². The number of aryl methyl sites for hydroxylation is 1. The Hall–Kier alpha value is -3.00. The molecule has 3 heterocycles. The topological polar surface area (TPSA) is 71.2 Å². The molecule has 1 aliphatic carbocycles. The molecule has 7 nitrogen and oxygen atoms in total. The van der Waals surface area contributed by atoms with Gasteiger partial charge in [0.2, 0.25) is 0 Å². The fraction of sp³-hybridized carbons (Fsp3) is 0.375. The highest BCUT2D eigenvalue weighted by Crippen LogP contribution is 2.39. The van der Waals surface area contributed by atoms with E-state index >= 15 is 0 Å². The van der Waals surface area contributed by atoms with Crippen LogP contribution in [-0.4, -0.2) is 37.5 Å². The van der Waals surface area contributed by atoms with Crippen LogP contribution in [0.5, 0.6) is 11.5 Å². The molecule has 32 heavy (non-hydrogen) atoms. The molecule has 0 N–H and O–H groups in total. The first kappa shape index (κ1) is 20.9. The van der Waals surface area contributed by atoms with Gasteiger partial charge in [-0.25, -0.2) is 0 Å². The van der Waals surface area contributed by atoms with Crippen LogP contribution >= 0.6 is 11.8 Å². The molecule has 2 aliphatic rings. The number of benzene rings is 1. The average molecular weight is 451 g/mol. The highest BCUT2D eigenvalue weighted by molar-refractivity contribution is 7.99. The van der Waals surface area contributed by atoms with Crippen LogP contribution in [0.1, 0.15) is 52.6 Å². The Bertz CT molecular complexity index is 1180. The first-order chi connectivity index (χ1) is 15.6. The van der Waals surface area contributed by atoms with Gasteiger partial charge in [0.25, 0.3) is 0 Å². The fourth-order valence-electron chi connectivity index (χ4n) is 4.25. The normalized spacial score (nSPS) is 17.4. The van der Waals surface area contributed by atoms with E-state index < -0.39 is 0 Å². The lowest BCUT2D eigenvalue weighted by Crippen LogP contribution is -2.25. The molecule has 166 valence electrons. The molecule has 1 saturated carbocycles. The quantitative estimate of drug-likeness (QED) is 0.281. The number of hydrogen-bond donors (Lipinski definition) is 0. The van der Waals surface area contributed by atoms with Crippen molar-refractivity contribution in [2.75, 3.05) is 12.4 Å². The summed E-state index contributed by atoms with van der Waals surface area (Å²) in [5.74, 6) is 2.49. The van der Waals surface area contributed by atoms with Crippen molar-refractivity contribution in [3.8, 4) is 11.5 Å². The van der Waals surface area contributed by atoms with Crippen LogP contribution in [0.25, 0.3) is 0 Å². The number of Topliss-reactive ketones (excluding diaryl/α,β-unsaturated/α-hetero) is 1. The SMILES string of the molecule is C=CCn1c(SCC(=O)c2cc(C)n(C3CC3)c2C)nnc1C1COc2ccccc2O1. The predicted molar refractivity (Wildman–Crippen MR) is 123 cm³/mol. The van der Waals surface area contributed by atoms with Gasteiger partial charge in [0.05, 0.1) is 5.75 Å².